The number of hydrogen-bond donors (Lipinski definition) is 1. The molecule has 0 spiro atoms. The van der Waals surface area contributed by atoms with E-state index in [-0.39, 0.29) is 5.41 Å². The summed E-state index contributed by atoms with van der Waals surface area (Å²) in [7, 11) is 2.09. The lowest BCUT2D eigenvalue weighted by Gasteiger charge is -2.38. The second-order valence-corrected chi connectivity index (χ2v) is 5.67. The molecule has 0 aliphatic heterocycles. The van der Waals surface area contributed by atoms with Crippen LogP contribution in [0.4, 0.5) is 0 Å². The molecule has 3 rings (SSSR count). The van der Waals surface area contributed by atoms with Crippen LogP contribution in [-0.4, -0.2) is 28.5 Å². The fourth-order valence-electron chi connectivity index (χ4n) is 2.87. The predicted octanol–water partition coefficient (Wildman–Crippen LogP) is 2.69. The van der Waals surface area contributed by atoms with Gasteiger partial charge in [-0.05, 0) is 37.6 Å². The largest absolute Gasteiger partial charge is 0.345 e. The third kappa shape index (κ3) is 2.34. The molecule has 19 heavy (non-hydrogen) atoms. The number of nitrogens with zero attached hydrogens (tertiary/aromatic N) is 3. The first kappa shape index (κ1) is 12.2. The quantitative estimate of drug-likeness (QED) is 0.912. The summed E-state index contributed by atoms with van der Waals surface area (Å²) in [6.45, 7) is 1.74. The Morgan fingerprint density at radius 2 is 2.32 bits per heavy atom. The van der Waals surface area contributed by atoms with Crippen LogP contribution in [0.2, 0.25) is 0 Å². The van der Waals surface area contributed by atoms with Crippen LogP contribution >= 0.6 is 0 Å². The molecule has 98 valence electrons. The molecule has 2 aromatic rings. The van der Waals surface area contributed by atoms with Crippen molar-refractivity contribution < 1.29 is 0 Å². The Hall–Kier alpha value is -1.86. The highest BCUT2D eigenvalue weighted by Gasteiger charge is 2.37. The van der Waals surface area contributed by atoms with Gasteiger partial charge in [-0.25, -0.2) is 4.98 Å². The highest BCUT2D eigenvalue weighted by molar-refractivity contribution is 5.74. The highest BCUT2D eigenvalue weighted by Crippen LogP contribution is 2.40. The number of rotatable bonds is 4. The summed E-state index contributed by atoms with van der Waals surface area (Å²) in [5, 5.41) is 9.28. The maximum Gasteiger partial charge on any atom is 0.0931 e. The Morgan fingerprint density at radius 1 is 1.47 bits per heavy atom. The van der Waals surface area contributed by atoms with E-state index in [1.165, 1.54) is 12.0 Å². The molecule has 4 nitrogen and oxygen atoms in total. The Balaban J connectivity index is 1.68. The third-order valence-corrected chi connectivity index (χ3v) is 4.06. The van der Waals surface area contributed by atoms with E-state index in [1.54, 1.807) is 6.33 Å². The van der Waals surface area contributed by atoms with Gasteiger partial charge in [0.1, 0.15) is 0 Å². The number of H-pyrrole nitrogens is 1. The van der Waals surface area contributed by atoms with Crippen molar-refractivity contribution in [2.24, 2.45) is 5.41 Å². The molecule has 0 saturated heterocycles. The molecule has 1 fully saturated rings. The average molecular weight is 254 g/mol. The molecule has 0 unspecified atom stereocenters. The van der Waals surface area contributed by atoms with Crippen LogP contribution in [0.25, 0.3) is 11.0 Å². The molecule has 0 amide bonds. The van der Waals surface area contributed by atoms with Crippen molar-refractivity contribution in [3.8, 4) is 6.07 Å². The second-order valence-electron chi connectivity index (χ2n) is 5.67. The summed E-state index contributed by atoms with van der Waals surface area (Å²) in [6.07, 6.45) is 5.01. The topological polar surface area (TPSA) is 55.7 Å². The zero-order chi connectivity index (χ0) is 13.3. The molecule has 1 heterocycles. The third-order valence-electron chi connectivity index (χ3n) is 4.06. The normalized spacial score (nSPS) is 17.3. The molecular weight excluding hydrogens is 236 g/mol. The minimum atomic E-state index is -0.0904. The summed E-state index contributed by atoms with van der Waals surface area (Å²) in [4.78, 5) is 9.60. The molecule has 0 radical (unpaired) electrons. The number of nitriles is 1. The van der Waals surface area contributed by atoms with Crippen molar-refractivity contribution in [1.82, 2.24) is 14.9 Å². The first-order chi connectivity index (χ1) is 9.21. The fourth-order valence-corrected chi connectivity index (χ4v) is 2.87. The Labute approximate surface area is 113 Å². The molecule has 1 saturated carbocycles. The fraction of sp³-hybridized carbons (Fsp3) is 0.467. The zero-order valence-electron chi connectivity index (χ0n) is 11.2. The van der Waals surface area contributed by atoms with Gasteiger partial charge in [0.05, 0.1) is 28.8 Å². The summed E-state index contributed by atoms with van der Waals surface area (Å²) in [6, 6.07) is 8.79. The van der Waals surface area contributed by atoms with Gasteiger partial charge < -0.3 is 9.88 Å². The summed E-state index contributed by atoms with van der Waals surface area (Å²) >= 11 is 0. The molecule has 1 aliphatic carbocycles. The molecular formula is C15H18N4. The van der Waals surface area contributed by atoms with Crippen molar-refractivity contribution in [2.75, 3.05) is 13.6 Å². The van der Waals surface area contributed by atoms with Crippen LogP contribution in [0.15, 0.2) is 24.5 Å². The first-order valence-corrected chi connectivity index (χ1v) is 6.73. The lowest BCUT2D eigenvalue weighted by atomic mass is 9.69. The van der Waals surface area contributed by atoms with E-state index in [1.807, 2.05) is 6.07 Å². The van der Waals surface area contributed by atoms with Crippen molar-refractivity contribution in [3.63, 3.8) is 0 Å². The van der Waals surface area contributed by atoms with E-state index in [0.717, 1.165) is 37.0 Å². The van der Waals surface area contributed by atoms with Crippen molar-refractivity contribution >= 4 is 11.0 Å². The van der Waals surface area contributed by atoms with Crippen LogP contribution in [0.3, 0.4) is 0 Å². The molecule has 1 N–H and O–H groups in total. The van der Waals surface area contributed by atoms with Gasteiger partial charge in [-0.2, -0.15) is 5.26 Å². The SMILES string of the molecule is CN(Cc1ccc2nc[nH]c2c1)CC1(C#N)CCC1. The monoisotopic (exact) mass is 254 g/mol. The molecule has 1 aromatic heterocycles. The van der Waals surface area contributed by atoms with E-state index in [9.17, 15) is 5.26 Å². The smallest absolute Gasteiger partial charge is 0.0931 e. The maximum atomic E-state index is 9.28. The predicted molar refractivity (Wildman–Crippen MR) is 74.3 cm³/mol. The molecule has 0 atom stereocenters. The van der Waals surface area contributed by atoms with Crippen LogP contribution in [-0.2, 0) is 6.54 Å². The zero-order valence-corrected chi connectivity index (χ0v) is 11.2. The van der Waals surface area contributed by atoms with Crippen molar-refractivity contribution in [3.05, 3.63) is 30.1 Å². The van der Waals surface area contributed by atoms with Gasteiger partial charge in [0.15, 0.2) is 0 Å². The minimum Gasteiger partial charge on any atom is -0.345 e. The van der Waals surface area contributed by atoms with Gasteiger partial charge in [0, 0.05) is 13.1 Å². The number of benzene rings is 1. The van der Waals surface area contributed by atoms with E-state index in [0.29, 0.717) is 0 Å². The van der Waals surface area contributed by atoms with Gasteiger partial charge in [-0.3, -0.25) is 0 Å². The molecule has 1 aromatic carbocycles. The number of hydrogen-bond acceptors (Lipinski definition) is 3. The van der Waals surface area contributed by atoms with Crippen molar-refractivity contribution in [1.29, 1.82) is 5.26 Å². The lowest BCUT2D eigenvalue weighted by molar-refractivity contribution is 0.134. The van der Waals surface area contributed by atoms with Gasteiger partial charge in [0.2, 0.25) is 0 Å². The number of imidazole rings is 1. The van der Waals surface area contributed by atoms with Crippen molar-refractivity contribution in [2.45, 2.75) is 25.8 Å². The highest BCUT2D eigenvalue weighted by atomic mass is 15.1. The van der Waals surface area contributed by atoms with E-state index < -0.39 is 0 Å². The van der Waals surface area contributed by atoms with Gasteiger partial charge in [-0.1, -0.05) is 12.5 Å². The van der Waals surface area contributed by atoms with Crippen LogP contribution in [0, 0.1) is 16.7 Å². The van der Waals surface area contributed by atoms with Gasteiger partial charge >= 0.3 is 0 Å². The summed E-state index contributed by atoms with van der Waals surface area (Å²) < 4.78 is 0. The molecule has 0 bridgehead atoms. The Morgan fingerprint density at radius 3 is 3.00 bits per heavy atom. The van der Waals surface area contributed by atoms with E-state index in [2.05, 4.69) is 40.1 Å². The van der Waals surface area contributed by atoms with E-state index >= 15 is 0 Å². The number of fused-ring (bicyclic) bond motifs is 1. The molecule has 4 heteroatoms. The van der Waals surface area contributed by atoms with Crippen LogP contribution in [0.5, 0.6) is 0 Å². The maximum absolute atomic E-state index is 9.28. The van der Waals surface area contributed by atoms with Gasteiger partial charge in [-0.15, -0.1) is 0 Å². The van der Waals surface area contributed by atoms with Crippen LogP contribution < -0.4 is 0 Å². The van der Waals surface area contributed by atoms with E-state index in [4.69, 9.17) is 0 Å². The van der Waals surface area contributed by atoms with Gasteiger partial charge in [0.25, 0.3) is 0 Å². The number of aromatic nitrogens is 2. The second kappa shape index (κ2) is 4.67. The Kier molecular flexibility index (Phi) is 3.00. The molecule has 1 aliphatic rings. The number of aromatic amines is 1. The average Bonchev–Trinajstić information content (AvgIpc) is 2.81. The lowest BCUT2D eigenvalue weighted by Crippen LogP contribution is -2.39. The van der Waals surface area contributed by atoms with Crippen LogP contribution in [0.1, 0.15) is 24.8 Å². The minimum absolute atomic E-state index is 0.0904. The number of nitrogens with one attached hydrogen (secondary N) is 1. The standard InChI is InChI=1S/C15H18N4/c1-19(10-15(9-16)5-2-6-15)8-12-3-4-13-14(7-12)18-11-17-13/h3-4,7,11H,2,5-6,8,10H2,1H3,(H,17,18). The Bertz CT molecular complexity index is 618. The first-order valence-electron chi connectivity index (χ1n) is 6.73. The summed E-state index contributed by atoms with van der Waals surface area (Å²) in [5.41, 5.74) is 3.24. The summed E-state index contributed by atoms with van der Waals surface area (Å²) in [5.74, 6) is 0.